The van der Waals surface area contributed by atoms with E-state index in [1.165, 1.54) is 7.11 Å². The van der Waals surface area contributed by atoms with Gasteiger partial charge in [-0.3, -0.25) is 4.79 Å². The van der Waals surface area contributed by atoms with Gasteiger partial charge in [-0.1, -0.05) is 15.9 Å². The molecule has 0 saturated heterocycles. The predicted molar refractivity (Wildman–Crippen MR) is 69.5 cm³/mol. The molecule has 0 radical (unpaired) electrons. The molecule has 1 aromatic carbocycles. The Labute approximate surface area is 109 Å². The van der Waals surface area contributed by atoms with Crippen LogP contribution in [0.15, 0.2) is 16.6 Å². The number of ether oxygens (including phenoxy) is 1. The lowest BCUT2D eigenvalue weighted by Crippen LogP contribution is -2.15. The summed E-state index contributed by atoms with van der Waals surface area (Å²) in [6.45, 7) is 1.86. The van der Waals surface area contributed by atoms with Crippen molar-refractivity contribution in [1.29, 1.82) is 0 Å². The summed E-state index contributed by atoms with van der Waals surface area (Å²) in [5.74, 6) is -0.594. The molecular formula is C11H13BrO4S. The molecule has 0 spiro atoms. The molecule has 1 rings (SSSR count). The van der Waals surface area contributed by atoms with Gasteiger partial charge in [0.2, 0.25) is 0 Å². The van der Waals surface area contributed by atoms with Crippen molar-refractivity contribution in [2.45, 2.75) is 6.92 Å². The molecule has 0 atom stereocenters. The van der Waals surface area contributed by atoms with Crippen molar-refractivity contribution < 1.29 is 17.9 Å². The minimum Gasteiger partial charge on any atom is -0.496 e. The van der Waals surface area contributed by atoms with Crippen LogP contribution in [-0.4, -0.2) is 33.3 Å². The second kappa shape index (κ2) is 5.18. The molecule has 0 fully saturated rings. The maximum atomic E-state index is 11.8. The molecule has 0 bridgehead atoms. The summed E-state index contributed by atoms with van der Waals surface area (Å²) in [7, 11) is -1.90. The first-order valence-corrected chi connectivity index (χ1v) is 7.65. The monoisotopic (exact) mass is 320 g/mol. The third kappa shape index (κ3) is 3.81. The van der Waals surface area contributed by atoms with Gasteiger partial charge in [0.15, 0.2) is 15.6 Å². The first-order valence-electron chi connectivity index (χ1n) is 4.79. The van der Waals surface area contributed by atoms with E-state index in [4.69, 9.17) is 4.74 Å². The molecule has 4 nitrogen and oxygen atoms in total. The van der Waals surface area contributed by atoms with Crippen LogP contribution >= 0.6 is 15.9 Å². The highest BCUT2D eigenvalue weighted by atomic mass is 79.9. The van der Waals surface area contributed by atoms with Crippen molar-refractivity contribution in [1.82, 2.24) is 0 Å². The van der Waals surface area contributed by atoms with Crippen LogP contribution in [0.5, 0.6) is 5.75 Å². The summed E-state index contributed by atoms with van der Waals surface area (Å²) in [5.41, 5.74) is 1.19. The van der Waals surface area contributed by atoms with E-state index in [0.29, 0.717) is 5.75 Å². The van der Waals surface area contributed by atoms with Crippen molar-refractivity contribution in [2.24, 2.45) is 0 Å². The SMILES string of the molecule is COc1cc(C)c(Br)cc1C(=O)CS(C)(=O)=O. The lowest BCUT2D eigenvalue weighted by molar-refractivity contribution is 0.101. The normalized spacial score (nSPS) is 11.3. The van der Waals surface area contributed by atoms with Crippen molar-refractivity contribution in [3.8, 4) is 5.75 Å². The van der Waals surface area contributed by atoms with Crippen molar-refractivity contribution >= 4 is 31.6 Å². The fourth-order valence-electron chi connectivity index (χ4n) is 1.36. The zero-order valence-electron chi connectivity index (χ0n) is 9.78. The number of halogens is 1. The van der Waals surface area contributed by atoms with Crippen LogP contribution in [0.3, 0.4) is 0 Å². The number of Topliss-reactive ketones (excluding diaryl/α,β-unsaturated/α-hetero) is 1. The van der Waals surface area contributed by atoms with Gasteiger partial charge in [0.25, 0.3) is 0 Å². The Kier molecular flexibility index (Phi) is 4.32. The Morgan fingerprint density at radius 2 is 2.00 bits per heavy atom. The third-order valence-corrected chi connectivity index (χ3v) is 3.82. The summed E-state index contributed by atoms with van der Waals surface area (Å²) in [6, 6.07) is 3.28. The molecule has 0 aliphatic carbocycles. The third-order valence-electron chi connectivity index (χ3n) is 2.17. The van der Waals surface area contributed by atoms with Gasteiger partial charge in [-0.15, -0.1) is 0 Å². The highest BCUT2D eigenvalue weighted by molar-refractivity contribution is 9.10. The number of ketones is 1. The minimum absolute atomic E-state index is 0.274. The van der Waals surface area contributed by atoms with Crippen molar-refractivity contribution in [3.05, 3.63) is 27.7 Å². The summed E-state index contributed by atoms with van der Waals surface area (Å²) < 4.78 is 28.0. The maximum absolute atomic E-state index is 11.8. The first-order chi connectivity index (χ1) is 7.74. The molecule has 0 aromatic heterocycles. The summed E-state index contributed by atoms with van der Waals surface area (Å²) in [5, 5.41) is 0. The molecule has 17 heavy (non-hydrogen) atoms. The molecule has 0 unspecified atom stereocenters. The van der Waals surface area contributed by atoms with E-state index in [1.54, 1.807) is 12.1 Å². The van der Waals surface area contributed by atoms with E-state index >= 15 is 0 Å². The number of hydrogen-bond donors (Lipinski definition) is 0. The number of methoxy groups -OCH3 is 1. The highest BCUT2D eigenvalue weighted by Crippen LogP contribution is 2.27. The van der Waals surface area contributed by atoms with E-state index in [9.17, 15) is 13.2 Å². The molecule has 0 N–H and O–H groups in total. The van der Waals surface area contributed by atoms with E-state index in [1.807, 2.05) is 6.92 Å². The van der Waals surface area contributed by atoms with Gasteiger partial charge < -0.3 is 4.74 Å². The van der Waals surface area contributed by atoms with Gasteiger partial charge >= 0.3 is 0 Å². The zero-order valence-corrected chi connectivity index (χ0v) is 12.2. The maximum Gasteiger partial charge on any atom is 0.181 e. The fourth-order valence-corrected chi connectivity index (χ4v) is 2.33. The average Bonchev–Trinajstić information content (AvgIpc) is 2.18. The molecule has 0 amide bonds. The lowest BCUT2D eigenvalue weighted by atomic mass is 10.1. The molecule has 6 heteroatoms. The summed E-state index contributed by atoms with van der Waals surface area (Å²) in [4.78, 5) is 11.8. The van der Waals surface area contributed by atoms with Gasteiger partial charge in [-0.05, 0) is 24.6 Å². The van der Waals surface area contributed by atoms with Crippen LogP contribution in [0.1, 0.15) is 15.9 Å². The van der Waals surface area contributed by atoms with Crippen LogP contribution in [0.2, 0.25) is 0 Å². The number of aryl methyl sites for hydroxylation is 1. The Morgan fingerprint density at radius 3 is 2.47 bits per heavy atom. The molecule has 0 aliphatic rings. The number of benzene rings is 1. The van der Waals surface area contributed by atoms with Crippen LogP contribution in [0.25, 0.3) is 0 Å². The van der Waals surface area contributed by atoms with E-state index in [-0.39, 0.29) is 5.56 Å². The number of carbonyl (C=O) groups excluding carboxylic acids is 1. The lowest BCUT2D eigenvalue weighted by Gasteiger charge is -2.09. The Bertz CT molecular complexity index is 549. The molecule has 0 saturated carbocycles. The van der Waals surface area contributed by atoms with Crippen molar-refractivity contribution in [2.75, 3.05) is 19.1 Å². The summed E-state index contributed by atoms with van der Waals surface area (Å²) >= 11 is 3.30. The van der Waals surface area contributed by atoms with Gasteiger partial charge in [-0.25, -0.2) is 8.42 Å². The van der Waals surface area contributed by atoms with Gasteiger partial charge in [0.1, 0.15) is 11.5 Å². The molecule has 1 aromatic rings. The second-order valence-electron chi connectivity index (χ2n) is 3.79. The van der Waals surface area contributed by atoms with E-state index in [0.717, 1.165) is 16.3 Å². The van der Waals surface area contributed by atoms with E-state index in [2.05, 4.69) is 15.9 Å². The Morgan fingerprint density at radius 1 is 1.41 bits per heavy atom. The number of hydrogen-bond acceptors (Lipinski definition) is 4. The zero-order chi connectivity index (χ0) is 13.2. The molecule has 0 aliphatic heterocycles. The standard InChI is InChI=1S/C11H13BrO4S/c1-7-4-11(16-2)8(5-9(7)12)10(13)6-17(3,14)15/h4-5H,6H2,1-3H3. The van der Waals surface area contributed by atoms with Crippen LogP contribution < -0.4 is 4.74 Å². The molecule has 0 heterocycles. The van der Waals surface area contributed by atoms with Crippen LogP contribution in [0.4, 0.5) is 0 Å². The molecule has 94 valence electrons. The number of rotatable bonds is 4. The Balaban J connectivity index is 3.21. The van der Waals surface area contributed by atoms with Gasteiger partial charge in [-0.2, -0.15) is 0 Å². The first kappa shape index (κ1) is 14.2. The fraction of sp³-hybridized carbons (Fsp3) is 0.364. The number of carbonyl (C=O) groups is 1. The minimum atomic E-state index is -3.34. The van der Waals surface area contributed by atoms with Gasteiger partial charge in [0.05, 0.1) is 12.7 Å². The predicted octanol–water partition coefficient (Wildman–Crippen LogP) is 1.99. The van der Waals surface area contributed by atoms with Crippen LogP contribution in [-0.2, 0) is 9.84 Å². The van der Waals surface area contributed by atoms with E-state index < -0.39 is 21.4 Å². The average molecular weight is 321 g/mol. The largest absolute Gasteiger partial charge is 0.496 e. The Hall–Kier alpha value is -0.880. The molecular weight excluding hydrogens is 308 g/mol. The van der Waals surface area contributed by atoms with Gasteiger partial charge in [0, 0.05) is 10.7 Å². The van der Waals surface area contributed by atoms with Crippen LogP contribution in [0, 0.1) is 6.92 Å². The second-order valence-corrected chi connectivity index (χ2v) is 6.79. The highest BCUT2D eigenvalue weighted by Gasteiger charge is 2.18. The van der Waals surface area contributed by atoms with Crippen molar-refractivity contribution in [3.63, 3.8) is 0 Å². The summed E-state index contributed by atoms with van der Waals surface area (Å²) in [6.07, 6.45) is 1.03. The number of sulfone groups is 1. The smallest absolute Gasteiger partial charge is 0.181 e. The topological polar surface area (TPSA) is 60.4 Å². The quantitative estimate of drug-likeness (QED) is 0.796.